The molecule has 6 heteroatoms. The number of benzene rings is 1. The molecule has 0 bridgehead atoms. The Labute approximate surface area is 233 Å². The fraction of sp³-hybridized carbons (Fsp3) is 0.375. The molecule has 0 saturated heterocycles. The highest BCUT2D eigenvalue weighted by Crippen LogP contribution is 2.28. The fourth-order valence-corrected chi connectivity index (χ4v) is 6.40. The monoisotopic (exact) mass is 544 g/mol. The van der Waals surface area contributed by atoms with Gasteiger partial charge in [-0.15, -0.1) is 22.7 Å². The molecular formula is C32H36N2O2S2. The molecule has 4 aromatic heterocycles. The SMILES string of the molecule is CCCCCCc1ccsc1/C=C/c1nc2cc3oc(/C=C/c4sccc4CCCCCC)nc3cc2o1. The van der Waals surface area contributed by atoms with E-state index < -0.39 is 0 Å². The molecule has 0 aliphatic heterocycles. The zero-order valence-corrected chi connectivity index (χ0v) is 24.0. The summed E-state index contributed by atoms with van der Waals surface area (Å²) in [5, 5.41) is 4.33. The molecule has 1 aromatic carbocycles. The molecule has 5 aromatic rings. The van der Waals surface area contributed by atoms with E-state index in [4.69, 9.17) is 8.83 Å². The van der Waals surface area contributed by atoms with Crippen LogP contribution in [0.5, 0.6) is 0 Å². The molecule has 0 amide bonds. The molecule has 0 saturated carbocycles. The molecular weight excluding hydrogens is 508 g/mol. The van der Waals surface area contributed by atoms with Gasteiger partial charge in [-0.2, -0.15) is 0 Å². The lowest BCUT2D eigenvalue weighted by atomic mass is 10.1. The lowest BCUT2D eigenvalue weighted by molar-refractivity contribution is 0.588. The highest BCUT2D eigenvalue weighted by molar-refractivity contribution is 7.11. The van der Waals surface area contributed by atoms with E-state index in [2.05, 4.69) is 58.9 Å². The second-order valence-electron chi connectivity index (χ2n) is 9.80. The van der Waals surface area contributed by atoms with Crippen molar-refractivity contribution in [3.63, 3.8) is 0 Å². The third-order valence-corrected chi connectivity index (χ3v) is 8.69. The topological polar surface area (TPSA) is 52.1 Å². The zero-order valence-electron chi connectivity index (χ0n) is 22.4. The van der Waals surface area contributed by atoms with Gasteiger partial charge in [-0.3, -0.25) is 0 Å². The summed E-state index contributed by atoms with van der Waals surface area (Å²) >= 11 is 3.54. The summed E-state index contributed by atoms with van der Waals surface area (Å²) in [6, 6.07) is 8.32. The van der Waals surface area contributed by atoms with Gasteiger partial charge in [0.25, 0.3) is 0 Å². The van der Waals surface area contributed by atoms with Crippen LogP contribution in [0.1, 0.15) is 97.9 Å². The largest absolute Gasteiger partial charge is 0.437 e. The van der Waals surface area contributed by atoms with Gasteiger partial charge < -0.3 is 8.83 Å². The second-order valence-corrected chi connectivity index (χ2v) is 11.7. The second kappa shape index (κ2) is 13.2. The van der Waals surface area contributed by atoms with Gasteiger partial charge in [0.15, 0.2) is 11.2 Å². The summed E-state index contributed by atoms with van der Waals surface area (Å²) in [7, 11) is 0. The van der Waals surface area contributed by atoms with E-state index in [9.17, 15) is 0 Å². The fourth-order valence-electron chi connectivity index (χ4n) is 4.71. The van der Waals surface area contributed by atoms with E-state index in [0.29, 0.717) is 11.8 Å². The maximum absolute atomic E-state index is 6.03. The summed E-state index contributed by atoms with van der Waals surface area (Å²) in [4.78, 5) is 11.9. The van der Waals surface area contributed by atoms with E-state index in [1.807, 2.05) is 24.3 Å². The molecule has 0 fully saturated rings. The maximum atomic E-state index is 6.03. The summed E-state index contributed by atoms with van der Waals surface area (Å²) < 4.78 is 12.1. The van der Waals surface area contributed by atoms with Crippen molar-refractivity contribution in [1.82, 2.24) is 9.97 Å². The first-order valence-corrected chi connectivity index (χ1v) is 15.7. The Hall–Kier alpha value is -2.96. The van der Waals surface area contributed by atoms with Crippen molar-refractivity contribution in [3.8, 4) is 0 Å². The summed E-state index contributed by atoms with van der Waals surface area (Å²) in [5.74, 6) is 1.20. The van der Waals surface area contributed by atoms with Crippen LogP contribution in [-0.4, -0.2) is 9.97 Å². The first-order chi connectivity index (χ1) is 18.7. The number of thiophene rings is 2. The Morgan fingerprint density at radius 3 is 1.55 bits per heavy atom. The van der Waals surface area contributed by atoms with Crippen molar-refractivity contribution in [2.75, 3.05) is 0 Å². The van der Waals surface area contributed by atoms with Crippen molar-refractivity contribution in [2.24, 2.45) is 0 Å². The van der Waals surface area contributed by atoms with Crippen LogP contribution in [0, 0.1) is 0 Å². The molecule has 0 unspecified atom stereocenters. The standard InChI is InChI=1S/C32H36N2O2S2/c1-3-5-7-9-11-23-17-19-37-29(23)13-15-31-33-25-21-28-26(22-27(25)35-31)34-32(36-28)16-14-30-24(18-20-38-30)12-10-8-6-4-2/h13-22H,3-12H2,1-2H3/b15-13+,16-14+. The Morgan fingerprint density at radius 2 is 1.11 bits per heavy atom. The molecule has 198 valence electrons. The van der Waals surface area contributed by atoms with Crippen LogP contribution in [0.15, 0.2) is 43.9 Å². The third-order valence-electron chi connectivity index (χ3n) is 6.85. The Morgan fingerprint density at radius 1 is 0.632 bits per heavy atom. The Balaban J connectivity index is 1.26. The third kappa shape index (κ3) is 6.72. The van der Waals surface area contributed by atoms with Gasteiger partial charge in [0.2, 0.25) is 11.8 Å². The molecule has 4 nitrogen and oxygen atoms in total. The number of fused-ring (bicyclic) bond motifs is 2. The number of oxazole rings is 2. The van der Waals surface area contributed by atoms with Gasteiger partial charge in [-0.25, -0.2) is 9.97 Å². The lowest BCUT2D eigenvalue weighted by Gasteiger charge is -2.00. The average Bonchev–Trinajstić information content (AvgIpc) is 3.71. The number of rotatable bonds is 14. The molecule has 0 spiro atoms. The lowest BCUT2D eigenvalue weighted by Crippen LogP contribution is -1.85. The van der Waals surface area contributed by atoms with Gasteiger partial charge >= 0.3 is 0 Å². The quantitative estimate of drug-likeness (QED) is 0.130. The number of hydrogen-bond donors (Lipinski definition) is 0. The van der Waals surface area contributed by atoms with E-state index in [0.717, 1.165) is 35.0 Å². The van der Waals surface area contributed by atoms with Crippen molar-refractivity contribution in [1.29, 1.82) is 0 Å². The number of unbranched alkanes of at least 4 members (excludes halogenated alkanes) is 6. The van der Waals surface area contributed by atoms with Gasteiger partial charge in [-0.1, -0.05) is 52.4 Å². The summed E-state index contributed by atoms with van der Waals surface area (Å²) in [5.41, 5.74) is 5.82. The van der Waals surface area contributed by atoms with Crippen LogP contribution in [0.25, 0.3) is 46.5 Å². The first kappa shape index (κ1) is 26.6. The van der Waals surface area contributed by atoms with E-state index >= 15 is 0 Å². The van der Waals surface area contributed by atoms with Crippen LogP contribution < -0.4 is 0 Å². The van der Waals surface area contributed by atoms with E-state index in [-0.39, 0.29) is 0 Å². The molecule has 0 atom stereocenters. The van der Waals surface area contributed by atoms with Crippen LogP contribution in [0.4, 0.5) is 0 Å². The van der Waals surface area contributed by atoms with Gasteiger partial charge in [0, 0.05) is 34.0 Å². The van der Waals surface area contributed by atoms with Crippen molar-refractivity contribution >= 4 is 69.2 Å². The van der Waals surface area contributed by atoms with Gasteiger partial charge in [-0.05, 0) is 71.9 Å². The average molecular weight is 545 g/mol. The van der Waals surface area contributed by atoms with Crippen molar-refractivity contribution < 1.29 is 8.83 Å². The molecule has 0 radical (unpaired) electrons. The maximum Gasteiger partial charge on any atom is 0.220 e. The number of hydrogen-bond acceptors (Lipinski definition) is 6. The minimum absolute atomic E-state index is 0.599. The molecule has 4 heterocycles. The molecule has 5 rings (SSSR count). The smallest absolute Gasteiger partial charge is 0.220 e. The van der Waals surface area contributed by atoms with Crippen LogP contribution >= 0.6 is 22.7 Å². The summed E-state index contributed by atoms with van der Waals surface area (Å²) in [6.45, 7) is 4.50. The Bertz CT molecular complexity index is 1350. The van der Waals surface area contributed by atoms with Crippen LogP contribution in [-0.2, 0) is 12.8 Å². The van der Waals surface area contributed by atoms with Crippen molar-refractivity contribution in [3.05, 3.63) is 67.7 Å². The minimum Gasteiger partial charge on any atom is -0.437 e. The number of nitrogens with zero attached hydrogens (tertiary/aromatic N) is 2. The van der Waals surface area contributed by atoms with Gasteiger partial charge in [0.05, 0.1) is 0 Å². The van der Waals surface area contributed by atoms with E-state index in [1.54, 1.807) is 22.7 Å². The Kier molecular flexibility index (Phi) is 9.26. The van der Waals surface area contributed by atoms with Crippen LogP contribution in [0.3, 0.4) is 0 Å². The molecule has 38 heavy (non-hydrogen) atoms. The molecule has 0 aliphatic carbocycles. The highest BCUT2D eigenvalue weighted by atomic mass is 32.1. The number of aromatic nitrogens is 2. The predicted molar refractivity (Wildman–Crippen MR) is 164 cm³/mol. The van der Waals surface area contributed by atoms with E-state index in [1.165, 1.54) is 72.2 Å². The summed E-state index contributed by atoms with van der Waals surface area (Å²) in [6.07, 6.45) is 20.6. The minimum atomic E-state index is 0.599. The normalized spacial score (nSPS) is 12.3. The molecule has 0 aliphatic rings. The first-order valence-electron chi connectivity index (χ1n) is 13.9. The van der Waals surface area contributed by atoms with Crippen molar-refractivity contribution in [2.45, 2.75) is 78.1 Å². The van der Waals surface area contributed by atoms with Crippen LogP contribution in [0.2, 0.25) is 0 Å². The molecule has 0 N–H and O–H groups in total. The highest BCUT2D eigenvalue weighted by Gasteiger charge is 2.11. The van der Waals surface area contributed by atoms with Gasteiger partial charge in [0.1, 0.15) is 11.0 Å². The zero-order chi connectivity index (χ0) is 26.2. The number of aryl methyl sites for hydroxylation is 2. The predicted octanol–water partition coefficient (Wildman–Crippen LogP) is 10.7.